The second kappa shape index (κ2) is 9.05. The van der Waals surface area contributed by atoms with E-state index >= 15 is 0 Å². The summed E-state index contributed by atoms with van der Waals surface area (Å²) in [5.74, 6) is -0.0490. The van der Waals surface area contributed by atoms with Gasteiger partial charge in [0.1, 0.15) is 11.6 Å². The number of nitrogens with one attached hydrogen (secondary N) is 1. The highest BCUT2D eigenvalue weighted by Crippen LogP contribution is 2.24. The molecule has 0 aromatic carbocycles. The van der Waals surface area contributed by atoms with Gasteiger partial charge in [-0.3, -0.25) is 9.78 Å². The maximum Gasteiger partial charge on any atom is 0.258 e. The number of pyridine rings is 3. The number of aromatic nitrogens is 3. The number of hydrogen-bond acceptors (Lipinski definition) is 5. The van der Waals surface area contributed by atoms with Crippen molar-refractivity contribution < 1.29 is 13.9 Å². The fourth-order valence-electron chi connectivity index (χ4n) is 2.81. The smallest absolute Gasteiger partial charge is 0.258 e. The van der Waals surface area contributed by atoms with Crippen LogP contribution in [0, 0.1) is 12.7 Å². The number of anilines is 1. The predicted octanol–water partition coefficient (Wildman–Crippen LogP) is 4.42. The highest BCUT2D eigenvalue weighted by Gasteiger charge is 2.14. The Morgan fingerprint density at radius 2 is 1.83 bits per heavy atom. The lowest BCUT2D eigenvalue weighted by Gasteiger charge is -2.10. The first-order valence-corrected chi connectivity index (χ1v) is 9.17. The van der Waals surface area contributed by atoms with Crippen molar-refractivity contribution >= 4 is 17.3 Å². The van der Waals surface area contributed by atoms with Crippen LogP contribution in [0.1, 0.15) is 40.9 Å². The summed E-state index contributed by atoms with van der Waals surface area (Å²) in [6.45, 7) is 5.93. The number of carbonyl (C=O) groups excluding carboxylic acids is 1. The van der Waals surface area contributed by atoms with Crippen molar-refractivity contribution in [2.24, 2.45) is 0 Å². The molecule has 1 amide bonds. The first-order valence-electron chi connectivity index (χ1n) is 9.17. The molecule has 3 heterocycles. The van der Waals surface area contributed by atoms with Crippen LogP contribution >= 0.6 is 0 Å². The molecule has 29 heavy (non-hydrogen) atoms. The van der Waals surface area contributed by atoms with Crippen LogP contribution in [0.4, 0.5) is 10.2 Å². The van der Waals surface area contributed by atoms with Crippen molar-refractivity contribution in [1.29, 1.82) is 0 Å². The van der Waals surface area contributed by atoms with Gasteiger partial charge in [-0.1, -0.05) is 6.08 Å². The van der Waals surface area contributed by atoms with Gasteiger partial charge in [0.05, 0.1) is 18.4 Å². The van der Waals surface area contributed by atoms with E-state index in [0.29, 0.717) is 18.3 Å². The minimum absolute atomic E-state index is 0.172. The Labute approximate surface area is 168 Å². The van der Waals surface area contributed by atoms with Crippen molar-refractivity contribution in [2.75, 3.05) is 11.9 Å². The molecule has 0 fully saturated rings. The van der Waals surface area contributed by atoms with E-state index in [0.717, 1.165) is 22.9 Å². The van der Waals surface area contributed by atoms with E-state index in [1.165, 1.54) is 13.1 Å². The standard InChI is InChI=1S/C22H21FN4O2/c1-4-17(16-7-9-21(26-11-16)29-5-2)15-6-8-20(25-10-15)27-22(28)18-12-24-13-19(23)14(18)3/h4,6-13H,5H2,1-3H3,(H,25,27,28). The van der Waals surface area contributed by atoms with Crippen molar-refractivity contribution in [3.05, 3.63) is 83.2 Å². The molecular formula is C22H21FN4O2. The second-order valence-electron chi connectivity index (χ2n) is 6.20. The minimum atomic E-state index is -0.525. The van der Waals surface area contributed by atoms with Gasteiger partial charge in [-0.15, -0.1) is 0 Å². The Hall–Kier alpha value is -3.61. The Morgan fingerprint density at radius 1 is 1.10 bits per heavy atom. The number of ether oxygens (including phenoxy) is 1. The summed E-state index contributed by atoms with van der Waals surface area (Å²) >= 11 is 0. The van der Waals surface area contributed by atoms with Crippen molar-refractivity contribution in [3.8, 4) is 5.88 Å². The Kier molecular flexibility index (Phi) is 6.29. The third-order valence-corrected chi connectivity index (χ3v) is 4.34. The Bertz CT molecular complexity index is 1030. The summed E-state index contributed by atoms with van der Waals surface area (Å²) in [6.07, 6.45) is 7.79. The molecule has 3 rings (SSSR count). The van der Waals surface area contributed by atoms with Gasteiger partial charge in [-0.25, -0.2) is 14.4 Å². The number of allylic oxidation sites excluding steroid dienone is 1. The van der Waals surface area contributed by atoms with E-state index in [1.54, 1.807) is 18.5 Å². The van der Waals surface area contributed by atoms with Gasteiger partial charge in [0.15, 0.2) is 0 Å². The number of nitrogens with zero attached hydrogens (tertiary/aromatic N) is 3. The van der Waals surface area contributed by atoms with Gasteiger partial charge in [0, 0.05) is 41.3 Å². The van der Waals surface area contributed by atoms with E-state index in [2.05, 4.69) is 20.3 Å². The molecule has 0 aliphatic rings. The van der Waals surface area contributed by atoms with Crippen LogP contribution in [-0.2, 0) is 0 Å². The molecular weight excluding hydrogens is 371 g/mol. The van der Waals surface area contributed by atoms with Crippen LogP contribution in [0.5, 0.6) is 5.88 Å². The molecule has 7 heteroatoms. The van der Waals surface area contributed by atoms with Crippen LogP contribution in [-0.4, -0.2) is 27.5 Å². The van der Waals surface area contributed by atoms with Crippen LogP contribution in [0.25, 0.3) is 5.57 Å². The molecule has 0 saturated heterocycles. The quantitative estimate of drug-likeness (QED) is 0.672. The van der Waals surface area contributed by atoms with Gasteiger partial charge in [-0.05, 0) is 44.5 Å². The number of rotatable bonds is 6. The molecule has 3 aromatic heterocycles. The highest BCUT2D eigenvalue weighted by atomic mass is 19.1. The lowest BCUT2D eigenvalue weighted by atomic mass is 10.0. The summed E-state index contributed by atoms with van der Waals surface area (Å²) in [5.41, 5.74) is 3.17. The predicted molar refractivity (Wildman–Crippen MR) is 109 cm³/mol. The average molecular weight is 392 g/mol. The molecule has 6 nitrogen and oxygen atoms in total. The third-order valence-electron chi connectivity index (χ3n) is 4.34. The van der Waals surface area contributed by atoms with Crippen molar-refractivity contribution in [3.63, 3.8) is 0 Å². The summed E-state index contributed by atoms with van der Waals surface area (Å²) in [6, 6.07) is 7.30. The fourth-order valence-corrected chi connectivity index (χ4v) is 2.81. The van der Waals surface area contributed by atoms with Gasteiger partial charge >= 0.3 is 0 Å². The normalized spacial score (nSPS) is 11.2. The maximum absolute atomic E-state index is 13.6. The fraction of sp³-hybridized carbons (Fsp3) is 0.182. The topological polar surface area (TPSA) is 77.0 Å². The number of carbonyl (C=O) groups is 1. The highest BCUT2D eigenvalue weighted by molar-refractivity contribution is 6.04. The van der Waals surface area contributed by atoms with Crippen molar-refractivity contribution in [2.45, 2.75) is 20.8 Å². The zero-order valence-corrected chi connectivity index (χ0v) is 16.4. The first kappa shape index (κ1) is 20.1. The summed E-state index contributed by atoms with van der Waals surface area (Å²) in [7, 11) is 0. The van der Waals surface area contributed by atoms with Gasteiger partial charge in [-0.2, -0.15) is 0 Å². The maximum atomic E-state index is 13.6. The Balaban J connectivity index is 1.76. The molecule has 148 valence electrons. The van der Waals surface area contributed by atoms with Crippen molar-refractivity contribution in [1.82, 2.24) is 15.0 Å². The summed E-state index contributed by atoms with van der Waals surface area (Å²) < 4.78 is 19.0. The molecule has 0 aliphatic heterocycles. The van der Waals surface area contributed by atoms with Gasteiger partial charge in [0.25, 0.3) is 5.91 Å². The van der Waals surface area contributed by atoms with E-state index in [4.69, 9.17) is 4.74 Å². The molecule has 0 saturated carbocycles. The molecule has 1 N–H and O–H groups in total. The second-order valence-corrected chi connectivity index (χ2v) is 6.20. The molecule has 0 unspecified atom stereocenters. The molecule has 0 bridgehead atoms. The zero-order chi connectivity index (χ0) is 20.8. The largest absolute Gasteiger partial charge is 0.478 e. The van der Waals surface area contributed by atoms with E-state index < -0.39 is 11.7 Å². The van der Waals surface area contributed by atoms with E-state index in [-0.39, 0.29) is 11.1 Å². The number of hydrogen-bond donors (Lipinski definition) is 1. The summed E-state index contributed by atoms with van der Waals surface area (Å²) in [4.78, 5) is 24.7. The Morgan fingerprint density at radius 3 is 2.41 bits per heavy atom. The van der Waals surface area contributed by atoms with E-state index in [1.807, 2.05) is 38.1 Å². The molecule has 0 radical (unpaired) electrons. The first-order chi connectivity index (χ1) is 14.0. The summed E-state index contributed by atoms with van der Waals surface area (Å²) in [5, 5.41) is 2.67. The lowest BCUT2D eigenvalue weighted by molar-refractivity contribution is 0.102. The molecule has 0 spiro atoms. The van der Waals surface area contributed by atoms with Crippen LogP contribution in [0.2, 0.25) is 0 Å². The molecule has 0 atom stereocenters. The lowest BCUT2D eigenvalue weighted by Crippen LogP contribution is -2.15. The van der Waals surface area contributed by atoms with Crippen LogP contribution in [0.15, 0.2) is 55.1 Å². The molecule has 0 aliphatic carbocycles. The molecule has 3 aromatic rings. The number of halogens is 1. The van der Waals surface area contributed by atoms with E-state index in [9.17, 15) is 9.18 Å². The van der Waals surface area contributed by atoms with Gasteiger partial charge in [0.2, 0.25) is 5.88 Å². The van der Waals surface area contributed by atoms with Crippen LogP contribution in [0.3, 0.4) is 0 Å². The average Bonchev–Trinajstić information content (AvgIpc) is 2.73. The van der Waals surface area contributed by atoms with Gasteiger partial charge < -0.3 is 10.1 Å². The minimum Gasteiger partial charge on any atom is -0.478 e. The number of amides is 1. The van der Waals surface area contributed by atoms with Crippen LogP contribution < -0.4 is 10.1 Å². The monoisotopic (exact) mass is 392 g/mol. The third kappa shape index (κ3) is 4.63. The SMILES string of the molecule is CC=C(c1ccc(NC(=O)c2cncc(F)c2C)nc1)c1ccc(OCC)nc1. The zero-order valence-electron chi connectivity index (χ0n) is 16.4.